The molecule has 0 saturated heterocycles. The molecule has 0 aromatic rings. The Morgan fingerprint density at radius 2 is 1.86 bits per heavy atom. The first kappa shape index (κ1) is 13.9. The van der Waals surface area contributed by atoms with Crippen LogP contribution in [0.1, 0.15) is 53.9 Å². The van der Waals surface area contributed by atoms with Crippen LogP contribution < -0.4 is 5.73 Å². The summed E-state index contributed by atoms with van der Waals surface area (Å²) in [4.78, 5) is 0. The quantitative estimate of drug-likeness (QED) is 0.687. The third-order valence-corrected chi connectivity index (χ3v) is 2.31. The van der Waals surface area contributed by atoms with E-state index >= 15 is 0 Å². The highest BCUT2D eigenvalue weighted by Gasteiger charge is 2.18. The number of nitrogens with two attached hydrogens (primary N) is 1. The van der Waals surface area contributed by atoms with Crippen molar-refractivity contribution in [3.63, 3.8) is 0 Å². The minimum atomic E-state index is -0.0106. The number of hydrogen-bond donors (Lipinski definition) is 1. The zero-order valence-electron chi connectivity index (χ0n) is 10.5. The van der Waals surface area contributed by atoms with Gasteiger partial charge in [-0.2, -0.15) is 0 Å². The van der Waals surface area contributed by atoms with E-state index in [1.807, 2.05) is 0 Å². The molecular weight excluding hydrogens is 174 g/mol. The van der Waals surface area contributed by atoms with Crippen LogP contribution in [0.25, 0.3) is 0 Å². The summed E-state index contributed by atoms with van der Waals surface area (Å²) >= 11 is 0. The Balaban J connectivity index is 3.69. The molecule has 2 nitrogen and oxygen atoms in total. The predicted molar refractivity (Wildman–Crippen MR) is 62.4 cm³/mol. The predicted octanol–water partition coefficient (Wildman–Crippen LogP) is 2.96. The average Bonchev–Trinajstić information content (AvgIpc) is 2.00. The van der Waals surface area contributed by atoms with Gasteiger partial charge in [0.2, 0.25) is 0 Å². The first-order valence-electron chi connectivity index (χ1n) is 5.77. The molecule has 0 bridgehead atoms. The first-order chi connectivity index (χ1) is 6.37. The second-order valence-electron chi connectivity index (χ2n) is 5.21. The van der Waals surface area contributed by atoms with Gasteiger partial charge in [-0.3, -0.25) is 0 Å². The van der Waals surface area contributed by atoms with Crippen LogP contribution in [0.4, 0.5) is 0 Å². The molecule has 0 radical (unpaired) electrons. The van der Waals surface area contributed by atoms with Crippen molar-refractivity contribution in [3.05, 3.63) is 0 Å². The molecule has 0 aliphatic heterocycles. The Labute approximate surface area is 89.2 Å². The van der Waals surface area contributed by atoms with E-state index in [2.05, 4.69) is 34.6 Å². The summed E-state index contributed by atoms with van der Waals surface area (Å²) < 4.78 is 5.81. The molecule has 0 aliphatic rings. The van der Waals surface area contributed by atoms with Gasteiger partial charge >= 0.3 is 0 Å². The van der Waals surface area contributed by atoms with Crippen molar-refractivity contribution in [2.45, 2.75) is 65.5 Å². The van der Waals surface area contributed by atoms with E-state index in [4.69, 9.17) is 10.5 Å². The van der Waals surface area contributed by atoms with Gasteiger partial charge in [-0.25, -0.2) is 0 Å². The van der Waals surface area contributed by atoms with Crippen LogP contribution in [0.15, 0.2) is 0 Å². The van der Waals surface area contributed by atoms with Gasteiger partial charge in [0.25, 0.3) is 0 Å². The monoisotopic (exact) mass is 201 g/mol. The second-order valence-corrected chi connectivity index (χ2v) is 5.21. The highest BCUT2D eigenvalue weighted by molar-refractivity contribution is 4.70. The Morgan fingerprint density at radius 1 is 1.29 bits per heavy atom. The fraction of sp³-hybridized carbons (Fsp3) is 1.00. The van der Waals surface area contributed by atoms with Crippen LogP contribution >= 0.6 is 0 Å². The molecule has 2 heteroatoms. The van der Waals surface area contributed by atoms with Crippen LogP contribution in [0, 0.1) is 5.92 Å². The minimum Gasteiger partial charge on any atom is -0.374 e. The summed E-state index contributed by atoms with van der Waals surface area (Å²) in [5.74, 6) is 0.655. The van der Waals surface area contributed by atoms with E-state index in [9.17, 15) is 0 Å². The molecule has 0 aromatic carbocycles. The average molecular weight is 201 g/mol. The number of ether oxygens (including phenoxy) is 1. The molecule has 0 aromatic heterocycles. The van der Waals surface area contributed by atoms with Crippen molar-refractivity contribution in [2.24, 2.45) is 11.7 Å². The molecule has 0 aliphatic carbocycles. The SMILES string of the molecule is CCCC(C)(C)OCC(N)CC(C)C. The minimum absolute atomic E-state index is 0.0106. The van der Waals surface area contributed by atoms with Crippen molar-refractivity contribution >= 4 is 0 Å². The first-order valence-corrected chi connectivity index (χ1v) is 5.77. The van der Waals surface area contributed by atoms with Crippen LogP contribution in [0.2, 0.25) is 0 Å². The normalized spacial score (nSPS) is 14.8. The third-order valence-electron chi connectivity index (χ3n) is 2.31. The van der Waals surface area contributed by atoms with E-state index in [0.29, 0.717) is 12.5 Å². The molecule has 1 unspecified atom stereocenters. The highest BCUT2D eigenvalue weighted by Crippen LogP contribution is 2.17. The van der Waals surface area contributed by atoms with Crippen LogP contribution in [-0.2, 0) is 4.74 Å². The fourth-order valence-corrected chi connectivity index (χ4v) is 1.68. The summed E-state index contributed by atoms with van der Waals surface area (Å²) in [6, 6.07) is 0.186. The van der Waals surface area contributed by atoms with Crippen LogP contribution in [0.3, 0.4) is 0 Å². The zero-order valence-corrected chi connectivity index (χ0v) is 10.5. The smallest absolute Gasteiger partial charge is 0.0627 e. The van der Waals surface area contributed by atoms with Gasteiger partial charge in [-0.1, -0.05) is 27.2 Å². The zero-order chi connectivity index (χ0) is 11.2. The summed E-state index contributed by atoms with van der Waals surface area (Å²) in [5, 5.41) is 0. The van der Waals surface area contributed by atoms with Crippen molar-refractivity contribution in [1.82, 2.24) is 0 Å². The Morgan fingerprint density at radius 3 is 2.29 bits per heavy atom. The largest absolute Gasteiger partial charge is 0.374 e. The maximum absolute atomic E-state index is 5.95. The van der Waals surface area contributed by atoms with Crippen LogP contribution in [0.5, 0.6) is 0 Å². The Kier molecular flexibility index (Phi) is 6.38. The highest BCUT2D eigenvalue weighted by atomic mass is 16.5. The molecule has 0 amide bonds. The van der Waals surface area contributed by atoms with Gasteiger partial charge in [0.05, 0.1) is 12.2 Å². The summed E-state index contributed by atoms with van der Waals surface area (Å²) in [6.45, 7) is 11.5. The molecule has 0 fully saturated rings. The molecule has 14 heavy (non-hydrogen) atoms. The second kappa shape index (κ2) is 6.41. The molecule has 0 heterocycles. The maximum Gasteiger partial charge on any atom is 0.0627 e. The lowest BCUT2D eigenvalue weighted by molar-refractivity contribution is -0.0318. The van der Waals surface area contributed by atoms with Crippen molar-refractivity contribution < 1.29 is 4.74 Å². The van der Waals surface area contributed by atoms with Gasteiger partial charge in [0.15, 0.2) is 0 Å². The van der Waals surface area contributed by atoms with Crippen molar-refractivity contribution in [2.75, 3.05) is 6.61 Å². The van der Waals surface area contributed by atoms with E-state index < -0.39 is 0 Å². The lowest BCUT2D eigenvalue weighted by Crippen LogP contribution is -2.34. The summed E-state index contributed by atoms with van der Waals surface area (Å²) in [6.07, 6.45) is 3.30. The third kappa shape index (κ3) is 7.34. The van der Waals surface area contributed by atoms with Gasteiger partial charge in [-0.05, 0) is 32.6 Å². The lowest BCUT2D eigenvalue weighted by Gasteiger charge is -2.27. The lowest BCUT2D eigenvalue weighted by atomic mass is 10.0. The molecule has 0 spiro atoms. The van der Waals surface area contributed by atoms with Crippen molar-refractivity contribution in [3.8, 4) is 0 Å². The van der Waals surface area contributed by atoms with Gasteiger partial charge in [-0.15, -0.1) is 0 Å². The van der Waals surface area contributed by atoms with E-state index in [1.165, 1.54) is 0 Å². The van der Waals surface area contributed by atoms with E-state index in [0.717, 1.165) is 19.3 Å². The van der Waals surface area contributed by atoms with Crippen molar-refractivity contribution in [1.29, 1.82) is 0 Å². The summed E-state index contributed by atoms with van der Waals surface area (Å²) in [5.41, 5.74) is 5.94. The molecule has 86 valence electrons. The Hall–Kier alpha value is -0.0800. The number of rotatable bonds is 7. The molecule has 2 N–H and O–H groups in total. The summed E-state index contributed by atoms with van der Waals surface area (Å²) in [7, 11) is 0. The molecular formula is C12H27NO. The van der Waals surface area contributed by atoms with Gasteiger partial charge in [0.1, 0.15) is 0 Å². The standard InChI is InChI=1S/C12H27NO/c1-6-7-12(4,5)14-9-11(13)8-10(2)3/h10-11H,6-9,13H2,1-5H3. The van der Waals surface area contributed by atoms with E-state index in [-0.39, 0.29) is 11.6 Å². The van der Waals surface area contributed by atoms with Gasteiger partial charge in [0, 0.05) is 6.04 Å². The molecule has 0 saturated carbocycles. The molecule has 1 atom stereocenters. The van der Waals surface area contributed by atoms with E-state index in [1.54, 1.807) is 0 Å². The Bertz CT molecular complexity index is 143. The molecule has 0 rings (SSSR count). The maximum atomic E-state index is 5.95. The van der Waals surface area contributed by atoms with Gasteiger partial charge < -0.3 is 10.5 Å². The topological polar surface area (TPSA) is 35.2 Å². The van der Waals surface area contributed by atoms with Crippen LogP contribution in [-0.4, -0.2) is 18.2 Å². The number of hydrogen-bond acceptors (Lipinski definition) is 2. The fourth-order valence-electron chi connectivity index (χ4n) is 1.68.